The van der Waals surface area contributed by atoms with Crippen LogP contribution in [0.5, 0.6) is 0 Å². The molecule has 0 saturated carbocycles. The number of hydrogen-bond acceptors (Lipinski definition) is 1. The van der Waals surface area contributed by atoms with Crippen LogP contribution in [0, 0.1) is 5.41 Å². The fourth-order valence-electron chi connectivity index (χ4n) is 2.31. The summed E-state index contributed by atoms with van der Waals surface area (Å²) < 4.78 is 0. The van der Waals surface area contributed by atoms with Crippen molar-refractivity contribution in [2.45, 2.75) is 53.5 Å². The van der Waals surface area contributed by atoms with Crippen molar-refractivity contribution in [3.05, 3.63) is 35.4 Å². The Morgan fingerprint density at radius 3 is 2.29 bits per heavy atom. The maximum absolute atomic E-state index is 3.70. The van der Waals surface area contributed by atoms with E-state index >= 15 is 0 Å². The van der Waals surface area contributed by atoms with Crippen molar-refractivity contribution < 1.29 is 0 Å². The second-order valence-corrected chi connectivity index (χ2v) is 5.81. The largest absolute Gasteiger partial charge is 0.309 e. The van der Waals surface area contributed by atoms with Crippen LogP contribution in [0.3, 0.4) is 0 Å². The molecule has 0 aromatic heterocycles. The first-order chi connectivity index (χ1) is 8.00. The fraction of sp³-hybridized carbons (Fsp3) is 0.625. The molecule has 1 aromatic rings. The molecule has 0 saturated heterocycles. The molecule has 0 bridgehead atoms. The van der Waals surface area contributed by atoms with E-state index in [1.54, 1.807) is 0 Å². The Kier molecular flexibility index (Phi) is 5.20. The highest BCUT2D eigenvalue weighted by Crippen LogP contribution is 2.34. The smallest absolute Gasteiger partial charge is 0.0371 e. The van der Waals surface area contributed by atoms with Gasteiger partial charge in [-0.05, 0) is 35.9 Å². The number of benzene rings is 1. The highest BCUT2D eigenvalue weighted by atomic mass is 14.9. The predicted molar refractivity (Wildman–Crippen MR) is 76.3 cm³/mol. The molecule has 0 fully saturated rings. The SMILES string of the molecule is CCCNC(c1ccccc1CC)C(C)(C)C. The van der Waals surface area contributed by atoms with E-state index in [0.717, 1.165) is 13.0 Å². The first kappa shape index (κ1) is 14.2. The zero-order valence-electron chi connectivity index (χ0n) is 12.0. The van der Waals surface area contributed by atoms with Gasteiger partial charge in [0.1, 0.15) is 0 Å². The standard InChI is InChI=1S/C16H27N/c1-6-12-17-15(16(3,4)5)14-11-9-8-10-13(14)7-2/h8-11,15,17H,6-7,12H2,1-5H3. The first-order valence-electron chi connectivity index (χ1n) is 6.81. The molecule has 0 heterocycles. The van der Waals surface area contributed by atoms with Crippen LogP contribution < -0.4 is 5.32 Å². The fourth-order valence-corrected chi connectivity index (χ4v) is 2.31. The molecule has 17 heavy (non-hydrogen) atoms. The molecule has 0 aliphatic heterocycles. The lowest BCUT2D eigenvalue weighted by atomic mass is 9.80. The van der Waals surface area contributed by atoms with Crippen LogP contribution in [0.15, 0.2) is 24.3 Å². The van der Waals surface area contributed by atoms with Crippen LogP contribution in [0.4, 0.5) is 0 Å². The summed E-state index contributed by atoms with van der Waals surface area (Å²) in [5.41, 5.74) is 3.19. The van der Waals surface area contributed by atoms with Gasteiger partial charge in [0.25, 0.3) is 0 Å². The Morgan fingerprint density at radius 1 is 1.12 bits per heavy atom. The third-order valence-corrected chi connectivity index (χ3v) is 3.21. The minimum Gasteiger partial charge on any atom is -0.309 e. The normalized spacial score (nSPS) is 13.7. The van der Waals surface area contributed by atoms with Crippen molar-refractivity contribution in [2.75, 3.05) is 6.54 Å². The highest BCUT2D eigenvalue weighted by Gasteiger charge is 2.26. The van der Waals surface area contributed by atoms with Gasteiger partial charge in [-0.3, -0.25) is 0 Å². The van der Waals surface area contributed by atoms with E-state index in [4.69, 9.17) is 0 Å². The molecule has 1 rings (SSSR count). The zero-order valence-corrected chi connectivity index (χ0v) is 12.0. The van der Waals surface area contributed by atoms with Gasteiger partial charge in [0.15, 0.2) is 0 Å². The summed E-state index contributed by atoms with van der Waals surface area (Å²) in [4.78, 5) is 0. The Morgan fingerprint density at radius 2 is 1.76 bits per heavy atom. The Balaban J connectivity index is 3.03. The first-order valence-corrected chi connectivity index (χ1v) is 6.81. The number of hydrogen-bond donors (Lipinski definition) is 1. The van der Waals surface area contributed by atoms with Crippen LogP contribution >= 0.6 is 0 Å². The molecule has 1 atom stereocenters. The summed E-state index contributed by atoms with van der Waals surface area (Å²) in [5, 5.41) is 3.70. The molecule has 96 valence electrons. The number of aryl methyl sites for hydroxylation is 1. The van der Waals surface area contributed by atoms with Crippen LogP contribution in [0.1, 0.15) is 58.2 Å². The lowest BCUT2D eigenvalue weighted by Gasteiger charge is -2.33. The summed E-state index contributed by atoms with van der Waals surface area (Å²) >= 11 is 0. The van der Waals surface area contributed by atoms with Gasteiger partial charge in [-0.15, -0.1) is 0 Å². The molecule has 1 aromatic carbocycles. The Labute approximate surface area is 107 Å². The average Bonchev–Trinajstić information content (AvgIpc) is 2.28. The molecule has 0 amide bonds. The minimum atomic E-state index is 0.250. The van der Waals surface area contributed by atoms with Gasteiger partial charge in [0.05, 0.1) is 0 Å². The van der Waals surface area contributed by atoms with E-state index in [1.165, 1.54) is 17.5 Å². The van der Waals surface area contributed by atoms with E-state index in [2.05, 4.69) is 64.2 Å². The minimum absolute atomic E-state index is 0.250. The maximum Gasteiger partial charge on any atom is 0.0371 e. The topological polar surface area (TPSA) is 12.0 Å². The number of nitrogens with one attached hydrogen (secondary N) is 1. The second-order valence-electron chi connectivity index (χ2n) is 5.81. The van der Waals surface area contributed by atoms with Crippen molar-refractivity contribution in [3.8, 4) is 0 Å². The van der Waals surface area contributed by atoms with E-state index in [9.17, 15) is 0 Å². The van der Waals surface area contributed by atoms with Gasteiger partial charge in [-0.25, -0.2) is 0 Å². The van der Waals surface area contributed by atoms with Gasteiger partial charge >= 0.3 is 0 Å². The Bertz CT molecular complexity index is 336. The molecule has 0 spiro atoms. The second kappa shape index (κ2) is 6.20. The maximum atomic E-state index is 3.70. The Hall–Kier alpha value is -0.820. The average molecular weight is 233 g/mol. The summed E-state index contributed by atoms with van der Waals surface area (Å²) in [6, 6.07) is 9.26. The molecule has 1 unspecified atom stereocenters. The molecule has 1 heteroatoms. The highest BCUT2D eigenvalue weighted by molar-refractivity contribution is 5.31. The summed E-state index contributed by atoms with van der Waals surface area (Å²) in [7, 11) is 0. The zero-order chi connectivity index (χ0) is 12.9. The van der Waals surface area contributed by atoms with Gasteiger partial charge in [0.2, 0.25) is 0 Å². The van der Waals surface area contributed by atoms with Crippen molar-refractivity contribution >= 4 is 0 Å². The van der Waals surface area contributed by atoms with Gasteiger partial charge in [-0.1, -0.05) is 58.9 Å². The van der Waals surface area contributed by atoms with Crippen molar-refractivity contribution in [2.24, 2.45) is 5.41 Å². The van der Waals surface area contributed by atoms with Crippen molar-refractivity contribution in [1.29, 1.82) is 0 Å². The summed E-state index contributed by atoms with van der Waals surface area (Å²) in [6.07, 6.45) is 2.29. The van der Waals surface area contributed by atoms with Crippen LogP contribution in [0.25, 0.3) is 0 Å². The molecule has 0 radical (unpaired) electrons. The third-order valence-electron chi connectivity index (χ3n) is 3.21. The van der Waals surface area contributed by atoms with Gasteiger partial charge in [0, 0.05) is 6.04 Å². The monoisotopic (exact) mass is 233 g/mol. The van der Waals surface area contributed by atoms with Crippen molar-refractivity contribution in [1.82, 2.24) is 5.32 Å². The quantitative estimate of drug-likeness (QED) is 0.798. The molecule has 1 N–H and O–H groups in total. The third kappa shape index (κ3) is 3.85. The van der Waals surface area contributed by atoms with Crippen LogP contribution in [-0.2, 0) is 6.42 Å². The predicted octanol–water partition coefficient (Wildman–Crippen LogP) is 4.34. The lowest BCUT2D eigenvalue weighted by molar-refractivity contribution is 0.272. The van der Waals surface area contributed by atoms with E-state index in [0.29, 0.717) is 6.04 Å². The van der Waals surface area contributed by atoms with Crippen molar-refractivity contribution in [3.63, 3.8) is 0 Å². The number of rotatable bonds is 5. The summed E-state index contributed by atoms with van der Waals surface area (Å²) in [6.45, 7) is 12.5. The molecular formula is C16H27N. The molecule has 0 aliphatic carbocycles. The molecule has 1 nitrogen and oxygen atoms in total. The molecule has 0 aliphatic rings. The van der Waals surface area contributed by atoms with E-state index in [-0.39, 0.29) is 5.41 Å². The van der Waals surface area contributed by atoms with Gasteiger partial charge < -0.3 is 5.32 Å². The van der Waals surface area contributed by atoms with E-state index < -0.39 is 0 Å². The van der Waals surface area contributed by atoms with Gasteiger partial charge in [-0.2, -0.15) is 0 Å². The van der Waals surface area contributed by atoms with Crippen LogP contribution in [0.2, 0.25) is 0 Å². The van der Waals surface area contributed by atoms with E-state index in [1.807, 2.05) is 0 Å². The molecular weight excluding hydrogens is 206 g/mol. The van der Waals surface area contributed by atoms with Crippen LogP contribution in [-0.4, -0.2) is 6.54 Å². The summed E-state index contributed by atoms with van der Waals surface area (Å²) in [5.74, 6) is 0. The lowest BCUT2D eigenvalue weighted by Crippen LogP contribution is -2.33.